The molecule has 3 unspecified atom stereocenters. The van der Waals surface area contributed by atoms with Crippen LogP contribution >= 0.6 is 15.6 Å². The van der Waals surface area contributed by atoms with Gasteiger partial charge in [0.15, 0.2) is 12.2 Å². The predicted octanol–water partition coefficient (Wildman–Crippen LogP) is 24.1. The van der Waals surface area contributed by atoms with E-state index in [1.54, 1.807) is 0 Å². The van der Waals surface area contributed by atoms with Crippen LogP contribution in [0, 0.1) is 17.8 Å². The number of aliphatic hydroxyl groups excluding tert-OH is 1. The minimum atomic E-state index is -4.97. The lowest BCUT2D eigenvalue weighted by Gasteiger charge is -2.21. The largest absolute Gasteiger partial charge is 0.472 e. The van der Waals surface area contributed by atoms with E-state index in [1.807, 2.05) is 0 Å². The average Bonchev–Trinajstić information content (AvgIpc) is 1.05. The van der Waals surface area contributed by atoms with E-state index in [0.29, 0.717) is 31.6 Å². The molecule has 0 saturated heterocycles. The van der Waals surface area contributed by atoms with Gasteiger partial charge in [-0.1, -0.05) is 349 Å². The normalized spacial score (nSPS) is 14.4. The number of carbonyl (C=O) groups is 4. The molecule has 0 heterocycles. The van der Waals surface area contributed by atoms with Crippen molar-refractivity contribution >= 4 is 39.5 Å². The average molecular weight is 1480 g/mol. The third kappa shape index (κ3) is 74.2. The zero-order valence-electron chi connectivity index (χ0n) is 65.9. The molecule has 3 N–H and O–H groups in total. The van der Waals surface area contributed by atoms with Crippen molar-refractivity contribution in [3.8, 4) is 0 Å². The quantitative estimate of drug-likeness (QED) is 0.0169. The standard InChI is InChI=1S/C82H156O17P2/c1-8-10-11-12-13-14-15-16-21-25-32-37-42-51-58-66-82(87)99-78(70-93-80(85)64-57-50-45-44-47-54-61-74(5)6)72-97-101(90,91)95-68-76(83)67-94-100(88,89)96-71-77(69-92-79(84)63-56-49-41-36-31-28-27-29-34-39-46-53-60-73(3)4)98-81(86)65-59-52-43-38-33-26-23-20-18-17-19-22-24-30-35-40-48-55-62-75(7)9-2/h14-16,21,73-78,83H,8-13,17-20,22-72H2,1-7H3,(H,88,89)(H,90,91)/b15-14-,21-16-/t75?,76-,77-,78-/m1/s1. The second-order valence-corrected chi connectivity index (χ2v) is 32.9. The number of unbranched alkanes of at least 4 members (excludes halogenated alkanes) is 42. The highest BCUT2D eigenvalue weighted by Gasteiger charge is 2.30. The molecule has 101 heavy (non-hydrogen) atoms. The molecule has 0 aliphatic carbocycles. The summed E-state index contributed by atoms with van der Waals surface area (Å²) in [5.74, 6) is 0.183. The Balaban J connectivity index is 5.23. The van der Waals surface area contributed by atoms with E-state index in [9.17, 15) is 43.2 Å². The van der Waals surface area contributed by atoms with Crippen LogP contribution in [0.3, 0.4) is 0 Å². The molecular weight excluding hydrogens is 1320 g/mol. The highest BCUT2D eigenvalue weighted by Crippen LogP contribution is 2.45. The number of allylic oxidation sites excluding steroid dienone is 4. The first-order valence-corrected chi connectivity index (χ1v) is 44.7. The van der Waals surface area contributed by atoms with Crippen LogP contribution in [0.25, 0.3) is 0 Å². The molecule has 0 fully saturated rings. The topological polar surface area (TPSA) is 237 Å². The summed E-state index contributed by atoms with van der Waals surface area (Å²) in [6, 6.07) is 0. The highest BCUT2D eigenvalue weighted by atomic mass is 31.2. The van der Waals surface area contributed by atoms with Gasteiger partial charge in [-0.15, -0.1) is 0 Å². The Bertz CT molecular complexity index is 2050. The number of carbonyl (C=O) groups excluding carboxylic acids is 4. The van der Waals surface area contributed by atoms with Gasteiger partial charge in [-0.2, -0.15) is 0 Å². The van der Waals surface area contributed by atoms with Gasteiger partial charge in [0, 0.05) is 25.7 Å². The van der Waals surface area contributed by atoms with E-state index < -0.39 is 97.5 Å². The van der Waals surface area contributed by atoms with E-state index in [-0.39, 0.29) is 25.7 Å². The van der Waals surface area contributed by atoms with E-state index in [1.165, 1.54) is 193 Å². The Kier molecular flexibility index (Phi) is 70.0. The zero-order valence-corrected chi connectivity index (χ0v) is 67.6. The van der Waals surface area contributed by atoms with Gasteiger partial charge in [0.2, 0.25) is 0 Å². The van der Waals surface area contributed by atoms with Crippen molar-refractivity contribution in [2.75, 3.05) is 39.6 Å². The SMILES string of the molecule is CCCCCC/C=C\C=C/CCCCCCCC(=O)O[C@H](COC(=O)CCCCCCCCC(C)C)COP(=O)(O)OC[C@H](O)COP(=O)(O)OC[C@@H](COC(=O)CCCCCCCCCCCCCCC(C)C)OC(=O)CCCCCCCCCCCCCCCCCCCCC(C)CC. The molecule has 6 atom stereocenters. The third-order valence-corrected chi connectivity index (χ3v) is 20.8. The summed E-state index contributed by atoms with van der Waals surface area (Å²) in [7, 11) is -9.93. The number of aliphatic hydroxyl groups is 1. The van der Waals surface area contributed by atoms with Crippen molar-refractivity contribution in [3.63, 3.8) is 0 Å². The van der Waals surface area contributed by atoms with E-state index in [4.69, 9.17) is 37.0 Å². The molecule has 0 rings (SSSR count). The molecule has 0 bridgehead atoms. The van der Waals surface area contributed by atoms with Gasteiger partial charge >= 0.3 is 39.5 Å². The molecule has 0 amide bonds. The number of hydrogen-bond acceptors (Lipinski definition) is 15. The summed E-state index contributed by atoms with van der Waals surface area (Å²) in [5.41, 5.74) is 0. The van der Waals surface area contributed by atoms with Crippen molar-refractivity contribution in [2.45, 2.75) is 420 Å². The molecule has 0 saturated carbocycles. The van der Waals surface area contributed by atoms with Gasteiger partial charge < -0.3 is 33.8 Å². The van der Waals surface area contributed by atoms with Gasteiger partial charge in [0.05, 0.1) is 26.4 Å². The number of phosphoric ester groups is 2. The van der Waals surface area contributed by atoms with Crippen LogP contribution in [0.4, 0.5) is 0 Å². The van der Waals surface area contributed by atoms with E-state index >= 15 is 0 Å². The Hall–Kier alpha value is -2.46. The maximum atomic E-state index is 13.1. The number of ether oxygens (including phenoxy) is 4. The molecule has 0 aromatic carbocycles. The van der Waals surface area contributed by atoms with Crippen LogP contribution in [-0.4, -0.2) is 96.7 Å². The maximum Gasteiger partial charge on any atom is 0.472 e. The molecule has 0 aromatic rings. The number of phosphoric acid groups is 2. The Labute approximate surface area is 618 Å². The van der Waals surface area contributed by atoms with Gasteiger partial charge in [-0.3, -0.25) is 37.3 Å². The summed E-state index contributed by atoms with van der Waals surface area (Å²) in [6.45, 7) is 11.9. The zero-order chi connectivity index (χ0) is 74.4. The van der Waals surface area contributed by atoms with Gasteiger partial charge in [0.1, 0.15) is 19.3 Å². The van der Waals surface area contributed by atoms with E-state index in [0.717, 1.165) is 121 Å². The Morgan fingerprint density at radius 1 is 0.327 bits per heavy atom. The van der Waals surface area contributed by atoms with Crippen LogP contribution in [0.2, 0.25) is 0 Å². The van der Waals surface area contributed by atoms with Crippen molar-refractivity contribution in [2.24, 2.45) is 17.8 Å². The van der Waals surface area contributed by atoms with Gasteiger partial charge in [-0.25, -0.2) is 9.13 Å². The Morgan fingerprint density at radius 2 is 0.584 bits per heavy atom. The second kappa shape index (κ2) is 71.8. The first-order chi connectivity index (χ1) is 48.8. The van der Waals surface area contributed by atoms with Crippen molar-refractivity contribution in [1.29, 1.82) is 0 Å². The van der Waals surface area contributed by atoms with E-state index in [2.05, 4.69) is 72.8 Å². The summed E-state index contributed by atoms with van der Waals surface area (Å²) >= 11 is 0. The lowest BCUT2D eigenvalue weighted by atomic mass is 9.99. The Morgan fingerprint density at radius 3 is 0.881 bits per heavy atom. The summed E-state index contributed by atoms with van der Waals surface area (Å²) in [4.78, 5) is 73.0. The molecular formula is C82H156O17P2. The minimum Gasteiger partial charge on any atom is -0.462 e. The lowest BCUT2D eigenvalue weighted by molar-refractivity contribution is -0.161. The minimum absolute atomic E-state index is 0.0839. The maximum absolute atomic E-state index is 13.1. The van der Waals surface area contributed by atoms with Gasteiger partial charge in [-0.05, 0) is 69.1 Å². The highest BCUT2D eigenvalue weighted by molar-refractivity contribution is 7.47. The fourth-order valence-electron chi connectivity index (χ4n) is 12.1. The van der Waals surface area contributed by atoms with Crippen LogP contribution in [0.5, 0.6) is 0 Å². The summed E-state index contributed by atoms with van der Waals surface area (Å²) < 4.78 is 68.6. The first-order valence-electron chi connectivity index (χ1n) is 41.7. The molecule has 0 aliphatic rings. The fourth-order valence-corrected chi connectivity index (χ4v) is 13.7. The van der Waals surface area contributed by atoms with Crippen LogP contribution in [0.1, 0.15) is 402 Å². The fraction of sp³-hybridized carbons (Fsp3) is 0.902. The summed E-state index contributed by atoms with van der Waals surface area (Å²) in [6.07, 6.45) is 63.4. The molecule has 596 valence electrons. The first kappa shape index (κ1) is 98.5. The van der Waals surface area contributed by atoms with Crippen LogP contribution < -0.4 is 0 Å². The predicted molar refractivity (Wildman–Crippen MR) is 414 cm³/mol. The molecule has 0 spiro atoms. The van der Waals surface area contributed by atoms with Crippen LogP contribution in [0.15, 0.2) is 24.3 Å². The number of hydrogen-bond donors (Lipinski definition) is 3. The van der Waals surface area contributed by atoms with Crippen molar-refractivity contribution in [3.05, 3.63) is 24.3 Å². The third-order valence-electron chi connectivity index (χ3n) is 18.9. The molecule has 0 radical (unpaired) electrons. The number of esters is 4. The molecule has 0 aromatic heterocycles. The lowest BCUT2D eigenvalue weighted by Crippen LogP contribution is -2.30. The second-order valence-electron chi connectivity index (χ2n) is 30.0. The van der Waals surface area contributed by atoms with Crippen LogP contribution in [-0.2, 0) is 65.4 Å². The molecule has 0 aliphatic heterocycles. The summed E-state index contributed by atoms with van der Waals surface area (Å²) in [5, 5.41) is 10.6. The van der Waals surface area contributed by atoms with Crippen molar-refractivity contribution in [1.82, 2.24) is 0 Å². The van der Waals surface area contributed by atoms with Gasteiger partial charge in [0.25, 0.3) is 0 Å². The monoisotopic (exact) mass is 1480 g/mol. The molecule has 17 nitrogen and oxygen atoms in total. The number of rotatable bonds is 78. The molecule has 19 heteroatoms. The van der Waals surface area contributed by atoms with Crippen molar-refractivity contribution < 1.29 is 80.2 Å². The smallest absolute Gasteiger partial charge is 0.462 e.